The number of nitrogens with zero attached hydrogens (tertiary/aromatic N) is 4. The summed E-state index contributed by atoms with van der Waals surface area (Å²) in [5.74, 6) is 2.45. The summed E-state index contributed by atoms with van der Waals surface area (Å²) in [6.07, 6.45) is 1.81. The van der Waals surface area contributed by atoms with Crippen LogP contribution in [-0.4, -0.2) is 45.9 Å². The average molecular weight is 412 g/mol. The van der Waals surface area contributed by atoms with E-state index in [0.29, 0.717) is 29.8 Å². The van der Waals surface area contributed by atoms with Crippen molar-refractivity contribution in [2.45, 2.75) is 32.6 Å². The molecular formula is C20H20N4O4S. The van der Waals surface area contributed by atoms with Crippen LogP contribution in [0.15, 0.2) is 22.6 Å². The van der Waals surface area contributed by atoms with Crippen molar-refractivity contribution < 1.29 is 18.7 Å². The number of carbonyl (C=O) groups excluding carboxylic acids is 1. The molecule has 0 spiro atoms. The Morgan fingerprint density at radius 1 is 1.21 bits per heavy atom. The molecule has 29 heavy (non-hydrogen) atoms. The molecule has 0 bridgehead atoms. The topological polar surface area (TPSA) is 90.6 Å². The lowest BCUT2D eigenvalue weighted by molar-refractivity contribution is 0.0702. The van der Waals surface area contributed by atoms with Crippen LogP contribution in [0.1, 0.15) is 45.0 Å². The summed E-state index contributed by atoms with van der Waals surface area (Å²) in [7, 11) is 0. The number of likely N-dealkylation sites (tertiary alicyclic amines) is 1. The largest absolute Gasteiger partial charge is 0.454 e. The first-order chi connectivity index (χ1) is 14.1. The van der Waals surface area contributed by atoms with E-state index in [1.165, 1.54) is 11.3 Å². The molecule has 4 heterocycles. The second-order valence-electron chi connectivity index (χ2n) is 7.25. The minimum atomic E-state index is 0.0253. The molecule has 0 aliphatic carbocycles. The van der Waals surface area contributed by atoms with Gasteiger partial charge in [-0.3, -0.25) is 4.79 Å². The lowest BCUT2D eigenvalue weighted by Gasteiger charge is -2.30. The molecule has 1 saturated heterocycles. The number of fused-ring (bicyclic) bond motifs is 1. The maximum Gasteiger partial charge on any atom is 0.265 e. The SMILES string of the molecule is Cc1nc(C)c(C(=O)N2CCCC(c3nnc(-c4ccc5c(c4)OCO5)o3)C2)s1. The van der Waals surface area contributed by atoms with Crippen LogP contribution in [0.2, 0.25) is 0 Å². The fraction of sp³-hybridized carbons (Fsp3) is 0.400. The molecule has 2 aliphatic rings. The van der Waals surface area contributed by atoms with Gasteiger partial charge < -0.3 is 18.8 Å². The van der Waals surface area contributed by atoms with Gasteiger partial charge in [0.05, 0.1) is 16.6 Å². The van der Waals surface area contributed by atoms with E-state index in [1.807, 2.05) is 36.9 Å². The fourth-order valence-electron chi connectivity index (χ4n) is 3.78. The van der Waals surface area contributed by atoms with E-state index in [-0.39, 0.29) is 18.6 Å². The van der Waals surface area contributed by atoms with Crippen LogP contribution in [0.5, 0.6) is 11.5 Å². The standard InChI is InChI=1S/C20H20N4O4S/c1-11-17(29-12(2)21-11)20(25)24-7-3-4-14(9-24)19-23-22-18(28-19)13-5-6-15-16(8-13)27-10-26-15/h5-6,8,14H,3-4,7,9-10H2,1-2H3. The third-order valence-electron chi connectivity index (χ3n) is 5.22. The molecule has 1 amide bonds. The third-order valence-corrected chi connectivity index (χ3v) is 6.28. The van der Waals surface area contributed by atoms with Gasteiger partial charge in [0.2, 0.25) is 18.6 Å². The van der Waals surface area contributed by atoms with E-state index in [4.69, 9.17) is 13.9 Å². The first kappa shape index (κ1) is 18.1. The zero-order valence-corrected chi connectivity index (χ0v) is 17.0. The van der Waals surface area contributed by atoms with Crippen molar-refractivity contribution in [3.8, 4) is 23.0 Å². The molecule has 8 nitrogen and oxygen atoms in total. The van der Waals surface area contributed by atoms with E-state index in [9.17, 15) is 4.79 Å². The number of amides is 1. The molecule has 0 radical (unpaired) electrons. The predicted octanol–water partition coefficient (Wildman–Crippen LogP) is 3.56. The number of benzene rings is 1. The van der Waals surface area contributed by atoms with Gasteiger partial charge in [-0.25, -0.2) is 4.98 Å². The second kappa shape index (κ2) is 7.14. The summed E-state index contributed by atoms with van der Waals surface area (Å²) in [5, 5.41) is 9.38. The van der Waals surface area contributed by atoms with Crippen LogP contribution in [0.3, 0.4) is 0 Å². The summed E-state index contributed by atoms with van der Waals surface area (Å²) in [6, 6.07) is 5.55. The highest BCUT2D eigenvalue weighted by Crippen LogP contribution is 2.36. The molecular weight excluding hydrogens is 392 g/mol. The van der Waals surface area contributed by atoms with Gasteiger partial charge >= 0.3 is 0 Å². The lowest BCUT2D eigenvalue weighted by Crippen LogP contribution is -2.39. The Hall–Kier alpha value is -2.94. The summed E-state index contributed by atoms with van der Waals surface area (Å²) < 4.78 is 16.7. The van der Waals surface area contributed by atoms with Crippen LogP contribution in [0.4, 0.5) is 0 Å². The number of aromatic nitrogens is 3. The lowest BCUT2D eigenvalue weighted by atomic mass is 9.98. The predicted molar refractivity (Wildman–Crippen MR) is 105 cm³/mol. The van der Waals surface area contributed by atoms with Crippen LogP contribution in [0.25, 0.3) is 11.5 Å². The van der Waals surface area contributed by atoms with Crippen molar-refractivity contribution in [1.29, 1.82) is 0 Å². The van der Waals surface area contributed by atoms with Crippen molar-refractivity contribution in [2.75, 3.05) is 19.9 Å². The number of hydrogen-bond donors (Lipinski definition) is 0. The minimum absolute atomic E-state index is 0.0253. The minimum Gasteiger partial charge on any atom is -0.454 e. The molecule has 3 aromatic rings. The maximum absolute atomic E-state index is 12.9. The van der Waals surface area contributed by atoms with Crippen molar-refractivity contribution in [1.82, 2.24) is 20.1 Å². The molecule has 0 saturated carbocycles. The van der Waals surface area contributed by atoms with Gasteiger partial charge in [0.15, 0.2) is 11.5 Å². The van der Waals surface area contributed by atoms with Crippen molar-refractivity contribution >= 4 is 17.2 Å². The molecule has 2 aliphatic heterocycles. The van der Waals surface area contributed by atoms with E-state index >= 15 is 0 Å². The normalized spacial score (nSPS) is 18.3. The molecule has 1 fully saturated rings. The fourth-order valence-corrected chi connectivity index (χ4v) is 4.67. The van der Waals surface area contributed by atoms with Crippen LogP contribution in [0, 0.1) is 13.8 Å². The second-order valence-corrected chi connectivity index (χ2v) is 8.45. The summed E-state index contributed by atoms with van der Waals surface area (Å²) >= 11 is 1.45. The number of rotatable bonds is 3. The average Bonchev–Trinajstić information content (AvgIpc) is 3.46. The first-order valence-electron chi connectivity index (χ1n) is 9.55. The van der Waals surface area contributed by atoms with Crippen molar-refractivity contribution in [3.63, 3.8) is 0 Å². The van der Waals surface area contributed by atoms with Gasteiger partial charge in [-0.2, -0.15) is 0 Å². The highest BCUT2D eigenvalue weighted by molar-refractivity contribution is 7.13. The summed E-state index contributed by atoms with van der Waals surface area (Å²) in [6.45, 7) is 5.32. The Labute approximate surface area is 171 Å². The van der Waals surface area contributed by atoms with Crippen molar-refractivity contribution in [2.24, 2.45) is 0 Å². The number of hydrogen-bond acceptors (Lipinski definition) is 8. The number of thiazole rings is 1. The molecule has 0 N–H and O–H groups in total. The van der Waals surface area contributed by atoms with Gasteiger partial charge in [0.25, 0.3) is 5.91 Å². The highest BCUT2D eigenvalue weighted by atomic mass is 32.1. The molecule has 1 aromatic carbocycles. The van der Waals surface area contributed by atoms with Gasteiger partial charge in [-0.05, 0) is 44.9 Å². The Balaban J connectivity index is 1.34. The summed E-state index contributed by atoms with van der Waals surface area (Å²) in [4.78, 5) is 19.9. The molecule has 150 valence electrons. The molecule has 1 unspecified atom stereocenters. The Bertz CT molecular complexity index is 1080. The van der Waals surface area contributed by atoms with Crippen LogP contribution < -0.4 is 9.47 Å². The number of aryl methyl sites for hydroxylation is 2. The third kappa shape index (κ3) is 3.35. The van der Waals surface area contributed by atoms with Crippen molar-refractivity contribution in [3.05, 3.63) is 39.7 Å². The van der Waals surface area contributed by atoms with E-state index in [1.54, 1.807) is 0 Å². The van der Waals surface area contributed by atoms with Gasteiger partial charge in [-0.1, -0.05) is 0 Å². The summed E-state index contributed by atoms with van der Waals surface area (Å²) in [5.41, 5.74) is 1.58. The van der Waals surface area contributed by atoms with E-state index in [2.05, 4.69) is 15.2 Å². The number of piperidine rings is 1. The smallest absolute Gasteiger partial charge is 0.265 e. The Kier molecular flexibility index (Phi) is 4.46. The Morgan fingerprint density at radius 2 is 2.07 bits per heavy atom. The zero-order chi connectivity index (χ0) is 20.0. The maximum atomic E-state index is 12.9. The van der Waals surface area contributed by atoms with Crippen LogP contribution in [-0.2, 0) is 0 Å². The molecule has 1 atom stereocenters. The first-order valence-corrected chi connectivity index (χ1v) is 10.4. The van der Waals surface area contributed by atoms with Gasteiger partial charge in [-0.15, -0.1) is 21.5 Å². The monoisotopic (exact) mass is 412 g/mol. The quantitative estimate of drug-likeness (QED) is 0.650. The van der Waals surface area contributed by atoms with Crippen LogP contribution >= 0.6 is 11.3 Å². The van der Waals surface area contributed by atoms with Gasteiger partial charge in [0.1, 0.15) is 4.88 Å². The Morgan fingerprint density at radius 3 is 2.90 bits per heavy atom. The number of ether oxygens (including phenoxy) is 2. The molecule has 9 heteroatoms. The molecule has 5 rings (SSSR count). The van der Waals surface area contributed by atoms with E-state index in [0.717, 1.165) is 40.5 Å². The molecule has 2 aromatic heterocycles. The number of carbonyl (C=O) groups is 1. The highest BCUT2D eigenvalue weighted by Gasteiger charge is 2.30. The van der Waals surface area contributed by atoms with Gasteiger partial charge in [0, 0.05) is 18.7 Å². The van der Waals surface area contributed by atoms with E-state index < -0.39 is 0 Å². The zero-order valence-electron chi connectivity index (χ0n) is 16.2.